The Morgan fingerprint density at radius 2 is 1.89 bits per heavy atom. The van der Waals surface area contributed by atoms with Crippen LogP contribution in [0.25, 0.3) is 0 Å². The van der Waals surface area contributed by atoms with Gasteiger partial charge in [0.15, 0.2) is 0 Å². The number of rotatable bonds is 5. The third-order valence-electron chi connectivity index (χ3n) is 2.18. The Morgan fingerprint density at radius 1 is 1.22 bits per heavy atom. The Hall–Kier alpha value is -1.91. The average molecular weight is 254 g/mol. The van der Waals surface area contributed by atoms with Crippen molar-refractivity contribution in [2.24, 2.45) is 0 Å². The Labute approximate surface area is 105 Å². The van der Waals surface area contributed by atoms with Gasteiger partial charge in [-0.05, 0) is 31.5 Å². The van der Waals surface area contributed by atoms with Crippen LogP contribution in [0, 0.1) is 0 Å². The molecular weight excluding hydrogens is 239 g/mol. The van der Waals surface area contributed by atoms with E-state index in [1.165, 1.54) is 24.3 Å². The molecule has 0 amide bonds. The zero-order chi connectivity index (χ0) is 13.5. The number of ether oxygens (including phenoxy) is 2. The van der Waals surface area contributed by atoms with Gasteiger partial charge in [-0.3, -0.25) is 0 Å². The first kappa shape index (κ1) is 14.2. The van der Waals surface area contributed by atoms with Gasteiger partial charge in [0.1, 0.15) is 0 Å². The predicted molar refractivity (Wildman–Crippen MR) is 62.9 cm³/mol. The molecule has 0 heterocycles. The molecule has 0 spiro atoms. The summed E-state index contributed by atoms with van der Waals surface area (Å²) in [4.78, 5) is 22.7. The summed E-state index contributed by atoms with van der Waals surface area (Å²) in [6.07, 6.45) is -1.89. The highest BCUT2D eigenvalue weighted by Gasteiger charge is 2.22. The normalized spacial score (nSPS) is 11.7. The molecule has 5 heteroatoms. The van der Waals surface area contributed by atoms with Crippen molar-refractivity contribution in [2.45, 2.75) is 20.0 Å². The van der Waals surface area contributed by atoms with Gasteiger partial charge in [-0.15, -0.1) is 0 Å². The van der Waals surface area contributed by atoms with E-state index in [0.29, 0.717) is 0 Å². The summed E-state index contributed by atoms with van der Waals surface area (Å²) in [5.41, 5.74) is 0.292. The van der Waals surface area contributed by atoms with Gasteiger partial charge >= 0.3 is 11.9 Å². The number of alkyl halides is 1. The third kappa shape index (κ3) is 3.55. The molecule has 0 N–H and O–H groups in total. The molecule has 4 nitrogen and oxygen atoms in total. The summed E-state index contributed by atoms with van der Waals surface area (Å²) < 4.78 is 23.1. The molecule has 0 bridgehead atoms. The molecule has 1 unspecified atom stereocenters. The lowest BCUT2D eigenvalue weighted by Gasteiger charge is -2.09. The fraction of sp³-hybridized carbons (Fsp3) is 0.385. The highest BCUT2D eigenvalue weighted by molar-refractivity contribution is 5.90. The van der Waals surface area contributed by atoms with Crippen LogP contribution in [0.5, 0.6) is 0 Å². The molecule has 18 heavy (non-hydrogen) atoms. The number of carbonyl (C=O) groups is 2. The van der Waals surface area contributed by atoms with Crippen LogP contribution in [0.1, 0.15) is 35.9 Å². The van der Waals surface area contributed by atoms with Crippen LogP contribution in [0.3, 0.4) is 0 Å². The van der Waals surface area contributed by atoms with E-state index in [1.54, 1.807) is 13.8 Å². The second kappa shape index (κ2) is 6.74. The minimum absolute atomic E-state index is 0.0824. The molecule has 98 valence electrons. The Balaban J connectivity index is 2.87. The first-order chi connectivity index (χ1) is 8.60. The predicted octanol–water partition coefficient (Wildman–Crippen LogP) is 2.44. The molecule has 1 aromatic rings. The van der Waals surface area contributed by atoms with Gasteiger partial charge in [-0.1, -0.05) is 12.1 Å². The molecule has 0 aliphatic carbocycles. The maximum Gasteiger partial charge on any atom is 0.345 e. The maximum absolute atomic E-state index is 13.7. The summed E-state index contributed by atoms with van der Waals surface area (Å²) >= 11 is 0. The van der Waals surface area contributed by atoms with Crippen molar-refractivity contribution in [2.75, 3.05) is 13.2 Å². The number of esters is 2. The molecular formula is C13H15FO4. The average Bonchev–Trinajstić information content (AvgIpc) is 2.38. The summed E-state index contributed by atoms with van der Waals surface area (Å²) in [6, 6.07) is 5.71. The van der Waals surface area contributed by atoms with Crippen molar-refractivity contribution in [1.29, 1.82) is 0 Å². The lowest BCUT2D eigenvalue weighted by Crippen LogP contribution is -2.13. The van der Waals surface area contributed by atoms with Crippen LogP contribution < -0.4 is 0 Å². The maximum atomic E-state index is 13.7. The number of halogens is 1. The van der Waals surface area contributed by atoms with Gasteiger partial charge < -0.3 is 9.47 Å². The van der Waals surface area contributed by atoms with Crippen molar-refractivity contribution in [3.63, 3.8) is 0 Å². The summed E-state index contributed by atoms with van der Waals surface area (Å²) in [7, 11) is 0. The third-order valence-corrected chi connectivity index (χ3v) is 2.18. The van der Waals surface area contributed by atoms with E-state index in [2.05, 4.69) is 4.74 Å². The number of carbonyl (C=O) groups excluding carboxylic acids is 2. The van der Waals surface area contributed by atoms with E-state index in [-0.39, 0.29) is 24.3 Å². The van der Waals surface area contributed by atoms with Crippen molar-refractivity contribution in [3.05, 3.63) is 35.4 Å². The molecule has 1 aromatic carbocycles. The standard InChI is InChI=1S/C13H15FO4/c1-3-17-12(15)10-7-5-6-9(8-10)11(14)13(16)18-4-2/h5-8,11H,3-4H2,1-2H3. The van der Waals surface area contributed by atoms with Crippen molar-refractivity contribution in [1.82, 2.24) is 0 Å². The molecule has 0 radical (unpaired) electrons. The lowest BCUT2D eigenvalue weighted by molar-refractivity contribution is -0.149. The van der Waals surface area contributed by atoms with Crippen molar-refractivity contribution < 1.29 is 23.5 Å². The minimum Gasteiger partial charge on any atom is -0.464 e. The number of benzene rings is 1. The summed E-state index contributed by atoms with van der Waals surface area (Å²) in [6.45, 7) is 3.62. The minimum atomic E-state index is -1.89. The van der Waals surface area contributed by atoms with Gasteiger partial charge in [0, 0.05) is 0 Å². The molecule has 1 atom stereocenters. The first-order valence-corrected chi connectivity index (χ1v) is 5.67. The Morgan fingerprint density at radius 3 is 2.50 bits per heavy atom. The van der Waals surface area contributed by atoms with Gasteiger partial charge in [0.2, 0.25) is 6.17 Å². The summed E-state index contributed by atoms with van der Waals surface area (Å²) in [5.74, 6) is -1.51. The Kier molecular flexibility index (Phi) is 5.30. The second-order valence-corrected chi connectivity index (χ2v) is 3.46. The zero-order valence-corrected chi connectivity index (χ0v) is 10.3. The Bertz CT molecular complexity index is 431. The topological polar surface area (TPSA) is 52.6 Å². The monoisotopic (exact) mass is 254 g/mol. The molecule has 0 aliphatic rings. The highest BCUT2D eigenvalue weighted by atomic mass is 19.1. The van der Waals surface area contributed by atoms with Gasteiger partial charge in [-0.25, -0.2) is 14.0 Å². The van der Waals surface area contributed by atoms with Crippen LogP contribution in [-0.2, 0) is 14.3 Å². The van der Waals surface area contributed by atoms with E-state index in [4.69, 9.17) is 4.74 Å². The van der Waals surface area contributed by atoms with Crippen LogP contribution in [0.2, 0.25) is 0 Å². The van der Waals surface area contributed by atoms with Gasteiger partial charge in [0.25, 0.3) is 0 Å². The summed E-state index contributed by atoms with van der Waals surface area (Å²) in [5, 5.41) is 0. The van der Waals surface area contributed by atoms with E-state index in [1.807, 2.05) is 0 Å². The smallest absolute Gasteiger partial charge is 0.345 e. The quantitative estimate of drug-likeness (QED) is 0.757. The van der Waals surface area contributed by atoms with Crippen molar-refractivity contribution >= 4 is 11.9 Å². The SMILES string of the molecule is CCOC(=O)c1cccc(C(F)C(=O)OCC)c1. The van der Waals surface area contributed by atoms with Crippen molar-refractivity contribution in [3.8, 4) is 0 Å². The second-order valence-electron chi connectivity index (χ2n) is 3.46. The molecule has 0 fully saturated rings. The van der Waals surface area contributed by atoms with E-state index in [0.717, 1.165) is 0 Å². The number of hydrogen-bond donors (Lipinski definition) is 0. The molecule has 1 rings (SSSR count). The zero-order valence-electron chi connectivity index (χ0n) is 10.3. The van der Waals surface area contributed by atoms with E-state index < -0.39 is 18.1 Å². The first-order valence-electron chi connectivity index (χ1n) is 5.67. The van der Waals surface area contributed by atoms with Crippen LogP contribution >= 0.6 is 0 Å². The van der Waals surface area contributed by atoms with Crippen LogP contribution in [0.15, 0.2) is 24.3 Å². The molecule has 0 saturated heterocycles. The molecule has 0 saturated carbocycles. The van der Waals surface area contributed by atoms with E-state index >= 15 is 0 Å². The van der Waals surface area contributed by atoms with Gasteiger partial charge in [-0.2, -0.15) is 0 Å². The van der Waals surface area contributed by atoms with Crippen LogP contribution in [0.4, 0.5) is 4.39 Å². The van der Waals surface area contributed by atoms with Crippen LogP contribution in [-0.4, -0.2) is 25.2 Å². The highest BCUT2D eigenvalue weighted by Crippen LogP contribution is 2.20. The largest absolute Gasteiger partial charge is 0.464 e. The fourth-order valence-electron chi connectivity index (χ4n) is 1.39. The fourth-order valence-corrected chi connectivity index (χ4v) is 1.39. The number of hydrogen-bond acceptors (Lipinski definition) is 4. The molecule has 0 aliphatic heterocycles. The molecule has 0 aromatic heterocycles. The van der Waals surface area contributed by atoms with E-state index in [9.17, 15) is 14.0 Å². The van der Waals surface area contributed by atoms with Gasteiger partial charge in [0.05, 0.1) is 18.8 Å². The lowest BCUT2D eigenvalue weighted by atomic mass is 10.1.